The Bertz CT molecular complexity index is 1250. The molecule has 1 aliphatic rings. The highest BCUT2D eigenvalue weighted by molar-refractivity contribution is 5.95. The molecule has 1 fully saturated rings. The van der Waals surface area contributed by atoms with Gasteiger partial charge in [0.15, 0.2) is 5.78 Å². The highest BCUT2D eigenvalue weighted by Gasteiger charge is 2.36. The van der Waals surface area contributed by atoms with Crippen molar-refractivity contribution in [3.05, 3.63) is 108 Å². The molecule has 39 heavy (non-hydrogen) atoms. The zero-order valence-electron chi connectivity index (χ0n) is 21.7. The van der Waals surface area contributed by atoms with E-state index in [2.05, 4.69) is 16.0 Å². The average molecular weight is 528 g/mol. The molecule has 0 heterocycles. The summed E-state index contributed by atoms with van der Waals surface area (Å²) in [6, 6.07) is 26.4. The van der Waals surface area contributed by atoms with Crippen molar-refractivity contribution in [1.82, 2.24) is 16.0 Å². The lowest BCUT2D eigenvalue weighted by Gasteiger charge is -2.23. The first-order valence-electron chi connectivity index (χ1n) is 13.1. The summed E-state index contributed by atoms with van der Waals surface area (Å²) in [4.78, 5) is 51.3. The number of amides is 3. The van der Waals surface area contributed by atoms with E-state index in [1.54, 1.807) is 0 Å². The van der Waals surface area contributed by atoms with Gasteiger partial charge in [0, 0.05) is 12.3 Å². The molecule has 3 amide bonds. The standard InChI is InChI=1S/C31H33N3O5/c35-28(20-32-31(38)39-21-24-14-8-3-9-15-24)33-27(19-23-12-6-2-7-13-23)30(37)34-26(29(36)25-16-17-25)18-22-10-4-1-5-11-22/h1-15,25-27H,16-21H2,(H,32,38)(H,33,35)(H,34,37). The van der Waals surface area contributed by atoms with Gasteiger partial charge >= 0.3 is 6.09 Å². The monoisotopic (exact) mass is 527 g/mol. The van der Waals surface area contributed by atoms with Gasteiger partial charge in [-0.05, 0) is 36.0 Å². The summed E-state index contributed by atoms with van der Waals surface area (Å²) in [7, 11) is 0. The first kappa shape index (κ1) is 27.6. The first-order valence-corrected chi connectivity index (χ1v) is 13.1. The fourth-order valence-corrected chi connectivity index (χ4v) is 4.23. The van der Waals surface area contributed by atoms with E-state index in [0.717, 1.165) is 29.5 Å². The van der Waals surface area contributed by atoms with Crippen LogP contribution in [0.2, 0.25) is 0 Å². The van der Waals surface area contributed by atoms with E-state index in [1.165, 1.54) is 0 Å². The fourth-order valence-electron chi connectivity index (χ4n) is 4.23. The number of hydrogen-bond acceptors (Lipinski definition) is 5. The molecular weight excluding hydrogens is 494 g/mol. The zero-order valence-corrected chi connectivity index (χ0v) is 21.7. The maximum Gasteiger partial charge on any atom is 0.407 e. The molecule has 4 rings (SSSR count). The molecule has 3 aromatic carbocycles. The van der Waals surface area contributed by atoms with E-state index in [-0.39, 0.29) is 31.3 Å². The van der Waals surface area contributed by atoms with E-state index in [9.17, 15) is 19.2 Å². The van der Waals surface area contributed by atoms with Gasteiger partial charge in [-0.25, -0.2) is 4.79 Å². The molecule has 3 aromatic rings. The highest BCUT2D eigenvalue weighted by Crippen LogP contribution is 2.31. The summed E-state index contributed by atoms with van der Waals surface area (Å²) < 4.78 is 5.14. The molecule has 8 nitrogen and oxygen atoms in total. The molecule has 0 radical (unpaired) electrons. The molecule has 2 atom stereocenters. The summed E-state index contributed by atoms with van der Waals surface area (Å²) >= 11 is 0. The van der Waals surface area contributed by atoms with Crippen LogP contribution in [0.4, 0.5) is 4.79 Å². The number of carbonyl (C=O) groups is 4. The number of hydrogen-bond donors (Lipinski definition) is 3. The Morgan fingerprint density at radius 1 is 0.692 bits per heavy atom. The lowest BCUT2D eigenvalue weighted by molar-refractivity contribution is -0.131. The third-order valence-corrected chi connectivity index (χ3v) is 6.46. The Labute approximate surface area is 228 Å². The van der Waals surface area contributed by atoms with Gasteiger partial charge in [-0.3, -0.25) is 14.4 Å². The number of benzene rings is 3. The van der Waals surface area contributed by atoms with Crippen LogP contribution in [0.5, 0.6) is 0 Å². The molecule has 0 aromatic heterocycles. The molecule has 0 bridgehead atoms. The van der Waals surface area contributed by atoms with Gasteiger partial charge in [0.25, 0.3) is 0 Å². The predicted molar refractivity (Wildman–Crippen MR) is 147 cm³/mol. The van der Waals surface area contributed by atoms with E-state index >= 15 is 0 Å². The van der Waals surface area contributed by atoms with Crippen molar-refractivity contribution >= 4 is 23.7 Å². The van der Waals surface area contributed by atoms with E-state index in [4.69, 9.17) is 4.74 Å². The second kappa shape index (κ2) is 13.9. The SMILES string of the molecule is O=C(CNC(=O)OCc1ccccc1)NC(Cc1ccccc1)C(=O)NC(Cc1ccccc1)C(=O)C1CC1. The summed E-state index contributed by atoms with van der Waals surface area (Å²) in [5, 5.41) is 8.03. The zero-order chi connectivity index (χ0) is 27.5. The van der Waals surface area contributed by atoms with Crippen LogP contribution in [0.3, 0.4) is 0 Å². The third kappa shape index (κ3) is 9.10. The van der Waals surface area contributed by atoms with Crippen LogP contribution in [0.1, 0.15) is 29.5 Å². The van der Waals surface area contributed by atoms with Gasteiger partial charge in [0.2, 0.25) is 11.8 Å². The van der Waals surface area contributed by atoms with Crippen LogP contribution >= 0.6 is 0 Å². The average Bonchev–Trinajstić information content (AvgIpc) is 3.81. The molecule has 0 aliphatic heterocycles. The topological polar surface area (TPSA) is 114 Å². The van der Waals surface area contributed by atoms with E-state index < -0.39 is 30.0 Å². The second-order valence-corrected chi connectivity index (χ2v) is 9.65. The molecule has 8 heteroatoms. The number of carbonyl (C=O) groups excluding carboxylic acids is 4. The lowest BCUT2D eigenvalue weighted by atomic mass is 9.98. The van der Waals surface area contributed by atoms with Crippen molar-refractivity contribution in [2.24, 2.45) is 5.92 Å². The quantitative estimate of drug-likeness (QED) is 0.316. The maximum absolute atomic E-state index is 13.4. The molecular formula is C31H33N3O5. The Hall–Kier alpha value is -4.46. The minimum Gasteiger partial charge on any atom is -0.445 e. The van der Waals surface area contributed by atoms with Crippen molar-refractivity contribution in [2.45, 2.75) is 44.4 Å². The number of rotatable bonds is 13. The number of Topliss-reactive ketones (excluding diaryl/α,β-unsaturated/α-hetero) is 1. The lowest BCUT2D eigenvalue weighted by Crippen LogP contribution is -2.54. The van der Waals surface area contributed by atoms with Crippen molar-refractivity contribution in [3.8, 4) is 0 Å². The van der Waals surface area contributed by atoms with Gasteiger partial charge in [0.1, 0.15) is 19.2 Å². The molecule has 2 unspecified atom stereocenters. The van der Waals surface area contributed by atoms with Crippen LogP contribution in [0.25, 0.3) is 0 Å². The minimum absolute atomic E-state index is 0.0137. The summed E-state index contributed by atoms with van der Waals surface area (Å²) in [5.41, 5.74) is 2.61. The largest absolute Gasteiger partial charge is 0.445 e. The molecule has 1 aliphatic carbocycles. The molecule has 0 spiro atoms. The van der Waals surface area contributed by atoms with Gasteiger partial charge in [0.05, 0.1) is 6.04 Å². The summed E-state index contributed by atoms with van der Waals surface area (Å²) in [6.07, 6.45) is 1.53. The molecule has 1 saturated carbocycles. The highest BCUT2D eigenvalue weighted by atomic mass is 16.5. The molecule has 202 valence electrons. The number of alkyl carbamates (subject to hydrolysis) is 1. The number of nitrogens with one attached hydrogen (secondary N) is 3. The van der Waals surface area contributed by atoms with Crippen molar-refractivity contribution in [1.29, 1.82) is 0 Å². The van der Waals surface area contributed by atoms with Crippen LogP contribution in [-0.2, 0) is 38.6 Å². The third-order valence-electron chi connectivity index (χ3n) is 6.46. The smallest absolute Gasteiger partial charge is 0.407 e. The minimum atomic E-state index is -0.938. The van der Waals surface area contributed by atoms with E-state index in [1.807, 2.05) is 91.0 Å². The Morgan fingerprint density at radius 3 is 1.74 bits per heavy atom. The fraction of sp³-hybridized carbons (Fsp3) is 0.290. The summed E-state index contributed by atoms with van der Waals surface area (Å²) in [5.74, 6) is -1.02. The van der Waals surface area contributed by atoms with E-state index in [0.29, 0.717) is 6.42 Å². The van der Waals surface area contributed by atoms with Gasteiger partial charge in [-0.2, -0.15) is 0 Å². The Kier molecular flexibility index (Phi) is 9.83. The van der Waals surface area contributed by atoms with Crippen LogP contribution < -0.4 is 16.0 Å². The number of ether oxygens (including phenoxy) is 1. The van der Waals surface area contributed by atoms with Crippen LogP contribution in [0, 0.1) is 5.92 Å². The Balaban J connectivity index is 1.37. The first-order chi connectivity index (χ1) is 19.0. The van der Waals surface area contributed by atoms with Crippen molar-refractivity contribution in [3.63, 3.8) is 0 Å². The Morgan fingerprint density at radius 2 is 1.21 bits per heavy atom. The maximum atomic E-state index is 13.4. The molecule has 0 saturated heterocycles. The number of ketones is 1. The van der Waals surface area contributed by atoms with Crippen molar-refractivity contribution in [2.75, 3.05) is 6.54 Å². The second-order valence-electron chi connectivity index (χ2n) is 9.65. The summed E-state index contributed by atoms with van der Waals surface area (Å²) in [6.45, 7) is -0.286. The van der Waals surface area contributed by atoms with Gasteiger partial charge < -0.3 is 20.7 Å². The van der Waals surface area contributed by atoms with Gasteiger partial charge in [-0.15, -0.1) is 0 Å². The normalized spacial score (nSPS) is 13.9. The molecule has 3 N–H and O–H groups in total. The van der Waals surface area contributed by atoms with Crippen LogP contribution in [-0.4, -0.2) is 42.3 Å². The van der Waals surface area contributed by atoms with Crippen molar-refractivity contribution < 1.29 is 23.9 Å². The predicted octanol–water partition coefficient (Wildman–Crippen LogP) is 3.35. The van der Waals surface area contributed by atoms with Gasteiger partial charge in [-0.1, -0.05) is 91.0 Å². The van der Waals surface area contributed by atoms with Crippen LogP contribution in [0.15, 0.2) is 91.0 Å².